The monoisotopic (exact) mass is 270 g/mol. The highest BCUT2D eigenvalue weighted by molar-refractivity contribution is 5.78. The fourth-order valence-electron chi connectivity index (χ4n) is 2.11. The van der Waals surface area contributed by atoms with Crippen molar-refractivity contribution in [2.75, 3.05) is 0 Å². The van der Waals surface area contributed by atoms with Gasteiger partial charge in [-0.2, -0.15) is 0 Å². The number of nitrogens with one attached hydrogen (secondary N) is 1. The Morgan fingerprint density at radius 2 is 2.30 bits per heavy atom. The number of hydrogen-bond donors (Lipinski definition) is 1. The number of carbonyl (C=O) groups is 1. The van der Waals surface area contributed by atoms with Crippen LogP contribution < -0.4 is 5.32 Å². The van der Waals surface area contributed by atoms with Crippen LogP contribution in [0.25, 0.3) is 5.65 Å². The number of pyridine rings is 1. The van der Waals surface area contributed by atoms with Crippen molar-refractivity contribution in [3.05, 3.63) is 53.8 Å². The van der Waals surface area contributed by atoms with Crippen LogP contribution in [0, 0.1) is 6.92 Å². The Hall–Kier alpha value is -2.63. The van der Waals surface area contributed by atoms with Gasteiger partial charge >= 0.3 is 0 Å². The second-order valence-corrected chi connectivity index (χ2v) is 4.51. The predicted molar refractivity (Wildman–Crippen MR) is 72.0 cm³/mol. The first-order chi connectivity index (χ1) is 9.74. The van der Waals surface area contributed by atoms with Crippen LogP contribution in [-0.2, 0) is 17.8 Å². The lowest BCUT2D eigenvalue weighted by Crippen LogP contribution is -2.25. The molecule has 6 heteroatoms. The first-order valence-electron chi connectivity index (χ1n) is 6.33. The molecule has 6 nitrogen and oxygen atoms in total. The molecule has 3 aromatic rings. The van der Waals surface area contributed by atoms with Gasteiger partial charge in [-0.25, -0.2) is 4.98 Å². The molecule has 0 unspecified atom stereocenters. The Bertz CT molecular complexity index is 731. The Labute approximate surface area is 115 Å². The lowest BCUT2D eigenvalue weighted by atomic mass is 10.2. The number of hydrogen-bond acceptors (Lipinski definition) is 4. The van der Waals surface area contributed by atoms with E-state index in [4.69, 9.17) is 4.52 Å². The molecule has 0 bridgehead atoms. The van der Waals surface area contributed by atoms with Crippen LogP contribution in [0.5, 0.6) is 0 Å². The number of nitrogens with zero attached hydrogens (tertiary/aromatic N) is 3. The van der Waals surface area contributed by atoms with Crippen LogP contribution in [0.2, 0.25) is 0 Å². The van der Waals surface area contributed by atoms with E-state index in [9.17, 15) is 4.79 Å². The maximum Gasteiger partial charge on any atom is 0.226 e. The van der Waals surface area contributed by atoms with Crippen LogP contribution in [-0.4, -0.2) is 20.4 Å². The van der Waals surface area contributed by atoms with Crippen molar-refractivity contribution in [2.45, 2.75) is 19.9 Å². The highest BCUT2D eigenvalue weighted by Gasteiger charge is 2.12. The van der Waals surface area contributed by atoms with E-state index in [1.807, 2.05) is 35.7 Å². The first-order valence-corrected chi connectivity index (χ1v) is 6.33. The van der Waals surface area contributed by atoms with Crippen LogP contribution in [0.15, 0.2) is 41.2 Å². The number of carbonyl (C=O) groups excluding carboxylic acids is 1. The molecule has 0 aliphatic rings. The normalized spacial score (nSPS) is 10.8. The molecule has 1 amide bonds. The van der Waals surface area contributed by atoms with E-state index in [1.54, 1.807) is 12.3 Å². The largest absolute Gasteiger partial charge is 0.360 e. The number of imidazole rings is 1. The summed E-state index contributed by atoms with van der Waals surface area (Å²) in [7, 11) is 0. The molecule has 3 rings (SSSR count). The zero-order valence-corrected chi connectivity index (χ0v) is 11.0. The Kier molecular flexibility index (Phi) is 3.20. The SMILES string of the molecule is Cc1nc2ccccn2c1CC(=O)NCc1ccno1. The minimum absolute atomic E-state index is 0.0739. The second kappa shape index (κ2) is 5.16. The average molecular weight is 270 g/mol. The standard InChI is InChI=1S/C14H14N4O2/c1-10-12(18-7-3-2-4-13(18)17-10)8-14(19)15-9-11-5-6-16-20-11/h2-7H,8-9H2,1H3,(H,15,19). The molecule has 0 aliphatic heterocycles. The van der Waals surface area contributed by atoms with E-state index in [1.165, 1.54) is 0 Å². The van der Waals surface area contributed by atoms with Crippen molar-refractivity contribution in [1.29, 1.82) is 0 Å². The predicted octanol–water partition coefficient (Wildman–Crippen LogP) is 1.49. The zero-order valence-electron chi connectivity index (χ0n) is 11.0. The van der Waals surface area contributed by atoms with Gasteiger partial charge in [0.15, 0.2) is 5.76 Å². The van der Waals surface area contributed by atoms with E-state index in [0.29, 0.717) is 12.3 Å². The van der Waals surface area contributed by atoms with Gasteiger partial charge in [-0.1, -0.05) is 11.2 Å². The lowest BCUT2D eigenvalue weighted by Gasteiger charge is -2.04. The second-order valence-electron chi connectivity index (χ2n) is 4.51. The van der Waals surface area contributed by atoms with Gasteiger partial charge in [0.1, 0.15) is 5.65 Å². The van der Waals surface area contributed by atoms with Crippen LogP contribution in [0.4, 0.5) is 0 Å². The number of aromatic nitrogens is 3. The van der Waals surface area contributed by atoms with Crippen molar-refractivity contribution in [1.82, 2.24) is 19.9 Å². The highest BCUT2D eigenvalue weighted by atomic mass is 16.5. The quantitative estimate of drug-likeness (QED) is 0.779. The maximum atomic E-state index is 12.0. The highest BCUT2D eigenvalue weighted by Crippen LogP contribution is 2.12. The van der Waals surface area contributed by atoms with Gasteiger partial charge < -0.3 is 14.2 Å². The zero-order chi connectivity index (χ0) is 13.9. The number of aryl methyl sites for hydroxylation is 1. The van der Waals surface area contributed by atoms with Crippen molar-refractivity contribution in [2.24, 2.45) is 0 Å². The molecule has 20 heavy (non-hydrogen) atoms. The Morgan fingerprint density at radius 1 is 1.40 bits per heavy atom. The van der Waals surface area contributed by atoms with Crippen molar-refractivity contribution in [3.8, 4) is 0 Å². The molecule has 0 fully saturated rings. The van der Waals surface area contributed by atoms with E-state index >= 15 is 0 Å². The molecular weight excluding hydrogens is 256 g/mol. The fraction of sp³-hybridized carbons (Fsp3) is 0.214. The van der Waals surface area contributed by atoms with Gasteiger partial charge in [-0.3, -0.25) is 4.79 Å². The molecule has 3 heterocycles. The van der Waals surface area contributed by atoms with E-state index in [-0.39, 0.29) is 12.3 Å². The summed E-state index contributed by atoms with van der Waals surface area (Å²) in [5.74, 6) is 0.559. The molecule has 0 atom stereocenters. The summed E-state index contributed by atoms with van der Waals surface area (Å²) in [5, 5.41) is 6.39. The minimum atomic E-state index is -0.0739. The van der Waals surface area contributed by atoms with Crippen LogP contribution in [0.1, 0.15) is 17.1 Å². The summed E-state index contributed by atoms with van der Waals surface area (Å²) >= 11 is 0. The molecule has 0 saturated carbocycles. The molecule has 0 saturated heterocycles. The first kappa shape index (κ1) is 12.4. The third-order valence-corrected chi connectivity index (χ3v) is 3.11. The topological polar surface area (TPSA) is 72.4 Å². The Balaban J connectivity index is 1.72. The Morgan fingerprint density at radius 3 is 3.10 bits per heavy atom. The van der Waals surface area contributed by atoms with Gasteiger partial charge in [0.25, 0.3) is 0 Å². The molecular formula is C14H14N4O2. The number of fused-ring (bicyclic) bond motifs is 1. The van der Waals surface area contributed by atoms with Crippen LogP contribution in [0.3, 0.4) is 0 Å². The summed E-state index contributed by atoms with van der Waals surface area (Å²) < 4.78 is 6.86. The third-order valence-electron chi connectivity index (χ3n) is 3.11. The lowest BCUT2D eigenvalue weighted by molar-refractivity contribution is -0.120. The molecule has 3 aromatic heterocycles. The minimum Gasteiger partial charge on any atom is -0.360 e. The van der Waals surface area contributed by atoms with Crippen LogP contribution >= 0.6 is 0 Å². The molecule has 0 radical (unpaired) electrons. The van der Waals surface area contributed by atoms with Gasteiger partial charge in [-0.15, -0.1) is 0 Å². The molecule has 0 aromatic carbocycles. The third kappa shape index (κ3) is 2.40. The average Bonchev–Trinajstić information content (AvgIpc) is 3.06. The van der Waals surface area contributed by atoms with E-state index in [2.05, 4.69) is 15.5 Å². The maximum absolute atomic E-state index is 12.0. The summed E-state index contributed by atoms with van der Waals surface area (Å²) in [4.78, 5) is 16.4. The summed E-state index contributed by atoms with van der Waals surface area (Å²) in [6, 6.07) is 7.49. The van der Waals surface area contributed by atoms with Gasteiger partial charge in [0.2, 0.25) is 5.91 Å². The van der Waals surface area contributed by atoms with E-state index < -0.39 is 0 Å². The summed E-state index contributed by atoms with van der Waals surface area (Å²) in [6.45, 7) is 2.25. The summed E-state index contributed by atoms with van der Waals surface area (Å²) in [5.41, 5.74) is 2.62. The van der Waals surface area contributed by atoms with Crippen molar-refractivity contribution >= 4 is 11.6 Å². The molecule has 102 valence electrons. The molecule has 0 spiro atoms. The summed E-state index contributed by atoms with van der Waals surface area (Å²) in [6.07, 6.45) is 3.75. The van der Waals surface area contributed by atoms with Crippen molar-refractivity contribution < 1.29 is 9.32 Å². The van der Waals surface area contributed by atoms with Gasteiger partial charge in [0.05, 0.1) is 30.6 Å². The van der Waals surface area contributed by atoms with Gasteiger partial charge in [0, 0.05) is 12.3 Å². The molecule has 1 N–H and O–H groups in total. The number of rotatable bonds is 4. The number of amides is 1. The van der Waals surface area contributed by atoms with Crippen molar-refractivity contribution in [3.63, 3.8) is 0 Å². The fourth-order valence-corrected chi connectivity index (χ4v) is 2.11. The van der Waals surface area contributed by atoms with Gasteiger partial charge in [-0.05, 0) is 19.1 Å². The molecule has 0 aliphatic carbocycles. The van der Waals surface area contributed by atoms with E-state index in [0.717, 1.165) is 17.0 Å². The smallest absolute Gasteiger partial charge is 0.226 e.